The van der Waals surface area contributed by atoms with E-state index in [0.29, 0.717) is 16.8 Å². The van der Waals surface area contributed by atoms with Crippen LogP contribution in [0, 0.1) is 17.2 Å². The summed E-state index contributed by atoms with van der Waals surface area (Å²) in [6.45, 7) is 4.36. The summed E-state index contributed by atoms with van der Waals surface area (Å²) in [6.07, 6.45) is 3.43. The molecule has 0 atom stereocenters. The van der Waals surface area contributed by atoms with Crippen molar-refractivity contribution in [2.75, 3.05) is 31.5 Å². The lowest BCUT2D eigenvalue weighted by molar-refractivity contribution is -0.120. The molecule has 0 radical (unpaired) electrons. The topological polar surface area (TPSA) is 110 Å². The number of hydrogen-bond acceptors (Lipinski definition) is 6. The van der Waals surface area contributed by atoms with Crippen molar-refractivity contribution >= 4 is 28.5 Å². The molecular weight excluding hydrogens is 454 g/mol. The van der Waals surface area contributed by atoms with Gasteiger partial charge in [-0.05, 0) is 80.7 Å². The minimum atomic E-state index is -0.211. The Morgan fingerprint density at radius 1 is 1.03 bits per heavy atom. The highest BCUT2D eigenvalue weighted by molar-refractivity contribution is 5.98. The maximum atomic E-state index is 12.9. The zero-order valence-corrected chi connectivity index (χ0v) is 20.3. The Morgan fingerprint density at radius 2 is 1.78 bits per heavy atom. The van der Waals surface area contributed by atoms with Crippen molar-refractivity contribution in [3.8, 4) is 6.07 Å². The predicted octanol–water partition coefficient (Wildman–Crippen LogP) is 3.64. The quantitative estimate of drug-likeness (QED) is 0.492. The third-order valence-corrected chi connectivity index (χ3v) is 7.13. The van der Waals surface area contributed by atoms with E-state index in [1.165, 1.54) is 5.56 Å². The molecule has 2 amide bonds. The van der Waals surface area contributed by atoms with Crippen LogP contribution in [0.4, 0.5) is 5.69 Å². The van der Waals surface area contributed by atoms with E-state index in [1.54, 1.807) is 12.1 Å². The van der Waals surface area contributed by atoms with Crippen LogP contribution in [0.5, 0.6) is 0 Å². The first kappa shape index (κ1) is 24.0. The molecule has 0 saturated carbocycles. The van der Waals surface area contributed by atoms with Crippen molar-refractivity contribution in [3.05, 3.63) is 65.4 Å². The summed E-state index contributed by atoms with van der Waals surface area (Å²) in [6, 6.07) is 17.2. The van der Waals surface area contributed by atoms with Crippen molar-refractivity contribution in [1.29, 1.82) is 5.26 Å². The lowest BCUT2D eigenvalue weighted by Gasteiger charge is -2.32. The first-order chi connectivity index (χ1) is 17.6. The molecule has 2 saturated heterocycles. The maximum Gasteiger partial charge on any atom is 0.287 e. The normalized spacial score (nSPS) is 17.5. The van der Waals surface area contributed by atoms with Gasteiger partial charge in [-0.1, -0.05) is 12.1 Å². The van der Waals surface area contributed by atoms with Crippen LogP contribution in [0.2, 0.25) is 0 Å². The second-order valence-corrected chi connectivity index (χ2v) is 9.71. The zero-order chi connectivity index (χ0) is 24.9. The first-order valence-electron chi connectivity index (χ1n) is 12.6. The first-order valence-corrected chi connectivity index (χ1v) is 12.6. The lowest BCUT2D eigenvalue weighted by Crippen LogP contribution is -2.44. The Bertz CT molecular complexity index is 1260. The van der Waals surface area contributed by atoms with Crippen LogP contribution in [0.1, 0.15) is 47.4 Å². The molecule has 186 valence electrons. The summed E-state index contributed by atoms with van der Waals surface area (Å²) >= 11 is 0. The van der Waals surface area contributed by atoms with Gasteiger partial charge in [0.25, 0.3) is 5.91 Å². The van der Waals surface area contributed by atoms with Crippen molar-refractivity contribution in [1.82, 2.24) is 15.5 Å². The molecule has 5 rings (SSSR count). The minimum Gasteiger partial charge on any atom is -0.451 e. The number of fused-ring (bicyclic) bond motifs is 1. The van der Waals surface area contributed by atoms with Gasteiger partial charge in [0.1, 0.15) is 5.58 Å². The molecule has 2 aliphatic heterocycles. The van der Waals surface area contributed by atoms with E-state index in [4.69, 9.17) is 9.68 Å². The van der Waals surface area contributed by atoms with E-state index < -0.39 is 0 Å². The number of furan rings is 1. The SMILES string of the molecule is N#Cc1ccc(CN2CCC(NC(=O)c3cc4cc(NC(=O)C5CCNCC5)ccc4o3)CC2)cc1. The van der Waals surface area contributed by atoms with Crippen LogP contribution in [-0.2, 0) is 11.3 Å². The number of nitrogens with zero attached hydrogens (tertiary/aromatic N) is 2. The molecule has 0 spiro atoms. The number of rotatable bonds is 6. The molecule has 0 unspecified atom stereocenters. The fourth-order valence-corrected chi connectivity index (χ4v) is 5.00. The van der Waals surface area contributed by atoms with Crippen LogP contribution in [0.3, 0.4) is 0 Å². The van der Waals surface area contributed by atoms with E-state index in [1.807, 2.05) is 36.4 Å². The fourth-order valence-electron chi connectivity index (χ4n) is 5.00. The van der Waals surface area contributed by atoms with Gasteiger partial charge in [-0.15, -0.1) is 0 Å². The summed E-state index contributed by atoms with van der Waals surface area (Å²) in [5, 5.41) is 19.1. The summed E-state index contributed by atoms with van der Waals surface area (Å²) < 4.78 is 5.80. The molecule has 3 heterocycles. The molecule has 0 bridgehead atoms. The van der Waals surface area contributed by atoms with E-state index in [2.05, 4.69) is 26.9 Å². The summed E-state index contributed by atoms with van der Waals surface area (Å²) in [7, 11) is 0. The third-order valence-electron chi connectivity index (χ3n) is 7.13. The largest absolute Gasteiger partial charge is 0.451 e. The Hall–Kier alpha value is -3.67. The van der Waals surface area contributed by atoms with Crippen molar-refractivity contribution in [2.24, 2.45) is 5.92 Å². The van der Waals surface area contributed by atoms with Crippen LogP contribution in [-0.4, -0.2) is 48.9 Å². The van der Waals surface area contributed by atoms with E-state index >= 15 is 0 Å². The number of hydrogen-bond donors (Lipinski definition) is 3. The van der Waals surface area contributed by atoms with Gasteiger partial charge in [0.05, 0.1) is 11.6 Å². The average molecular weight is 486 g/mol. The standard InChI is InChI=1S/C28H31N5O3/c29-17-19-1-3-20(4-2-19)18-33-13-9-23(10-14-33)31-28(35)26-16-22-15-24(5-6-25(22)36-26)32-27(34)21-7-11-30-12-8-21/h1-6,15-16,21,23,30H,7-14,18H2,(H,31,35)(H,32,34). The molecular formula is C28H31N5O3. The number of amides is 2. The van der Waals surface area contributed by atoms with Crippen LogP contribution < -0.4 is 16.0 Å². The number of nitriles is 1. The van der Waals surface area contributed by atoms with Crippen LogP contribution in [0.25, 0.3) is 11.0 Å². The smallest absolute Gasteiger partial charge is 0.287 e. The summed E-state index contributed by atoms with van der Waals surface area (Å²) in [4.78, 5) is 27.8. The minimum absolute atomic E-state index is 0.0307. The zero-order valence-electron chi connectivity index (χ0n) is 20.3. The van der Waals surface area contributed by atoms with E-state index in [9.17, 15) is 9.59 Å². The highest BCUT2D eigenvalue weighted by atomic mass is 16.3. The fraction of sp³-hybridized carbons (Fsp3) is 0.393. The Labute approximate surface area is 210 Å². The highest BCUT2D eigenvalue weighted by Crippen LogP contribution is 2.25. The Kier molecular flexibility index (Phi) is 7.31. The molecule has 8 nitrogen and oxygen atoms in total. The van der Waals surface area contributed by atoms with E-state index in [0.717, 1.165) is 63.8 Å². The highest BCUT2D eigenvalue weighted by Gasteiger charge is 2.24. The van der Waals surface area contributed by atoms with Crippen molar-refractivity contribution in [2.45, 2.75) is 38.3 Å². The van der Waals surface area contributed by atoms with Gasteiger partial charge >= 0.3 is 0 Å². The van der Waals surface area contributed by atoms with Gasteiger partial charge in [0.2, 0.25) is 5.91 Å². The third kappa shape index (κ3) is 5.76. The summed E-state index contributed by atoms with van der Waals surface area (Å²) in [5.41, 5.74) is 3.19. The van der Waals surface area contributed by atoms with Crippen molar-refractivity contribution in [3.63, 3.8) is 0 Å². The Morgan fingerprint density at radius 3 is 2.50 bits per heavy atom. The van der Waals surface area contributed by atoms with Gasteiger partial charge < -0.3 is 20.4 Å². The van der Waals surface area contributed by atoms with E-state index in [-0.39, 0.29) is 29.5 Å². The maximum absolute atomic E-state index is 12.9. The van der Waals surface area contributed by atoms with Gasteiger partial charge in [-0.2, -0.15) is 5.26 Å². The molecule has 3 aromatic rings. The lowest BCUT2D eigenvalue weighted by atomic mass is 9.97. The molecule has 8 heteroatoms. The summed E-state index contributed by atoms with van der Waals surface area (Å²) in [5.74, 6) is 0.148. The second kappa shape index (κ2) is 10.9. The molecule has 3 N–H and O–H groups in total. The number of carbonyl (C=O) groups excluding carboxylic acids is 2. The average Bonchev–Trinajstić information content (AvgIpc) is 3.34. The van der Waals surface area contributed by atoms with Crippen LogP contribution >= 0.6 is 0 Å². The number of carbonyl (C=O) groups is 2. The van der Waals surface area contributed by atoms with Crippen molar-refractivity contribution < 1.29 is 14.0 Å². The predicted molar refractivity (Wildman–Crippen MR) is 137 cm³/mol. The number of piperidine rings is 2. The molecule has 2 fully saturated rings. The molecule has 2 aromatic carbocycles. The van der Waals surface area contributed by atoms with Gasteiger partial charge in [0.15, 0.2) is 5.76 Å². The molecule has 1 aromatic heterocycles. The number of nitrogens with one attached hydrogen (secondary N) is 3. The Balaban J connectivity index is 1.13. The molecule has 0 aliphatic carbocycles. The number of likely N-dealkylation sites (tertiary alicyclic amines) is 1. The number of benzene rings is 2. The van der Waals surface area contributed by atoms with Gasteiger partial charge in [0, 0.05) is 42.7 Å². The van der Waals surface area contributed by atoms with Gasteiger partial charge in [-0.3, -0.25) is 14.5 Å². The molecule has 2 aliphatic rings. The monoisotopic (exact) mass is 485 g/mol. The molecule has 36 heavy (non-hydrogen) atoms. The second-order valence-electron chi connectivity index (χ2n) is 9.71. The van der Waals surface area contributed by atoms with Gasteiger partial charge in [-0.25, -0.2) is 0 Å². The number of anilines is 1. The van der Waals surface area contributed by atoms with Crippen LogP contribution in [0.15, 0.2) is 52.9 Å².